The Morgan fingerprint density at radius 1 is 0.700 bits per heavy atom. The molecule has 0 atom stereocenters. The van der Waals surface area contributed by atoms with E-state index in [1.807, 2.05) is 0 Å². The third kappa shape index (κ3) is 12.3. The van der Waals surface area contributed by atoms with E-state index in [0.717, 1.165) is 0 Å². The van der Waals surface area contributed by atoms with E-state index >= 15 is 0 Å². The first-order valence-corrected chi connectivity index (χ1v) is 2.36. The van der Waals surface area contributed by atoms with Crippen molar-refractivity contribution in [1.29, 1.82) is 0 Å². The third-order valence-corrected chi connectivity index (χ3v) is 0.694. The first-order chi connectivity index (χ1) is 3.71. The van der Waals surface area contributed by atoms with Crippen LogP contribution in [-0.4, -0.2) is 62.4 Å². The van der Waals surface area contributed by atoms with Gasteiger partial charge in [-0.2, -0.15) is 26.3 Å². The number of halogens is 6. The van der Waals surface area contributed by atoms with Gasteiger partial charge in [-0.15, -0.1) is 0 Å². The van der Waals surface area contributed by atoms with E-state index in [0.29, 0.717) is 0 Å². The first kappa shape index (κ1) is 14.1. The van der Waals surface area contributed by atoms with Gasteiger partial charge in [-0.05, 0) is 0 Å². The van der Waals surface area contributed by atoms with Crippen LogP contribution in [0.3, 0.4) is 0 Å². The van der Waals surface area contributed by atoms with Gasteiger partial charge in [-0.3, -0.25) is 0 Å². The quantitative estimate of drug-likeness (QED) is 0.436. The Kier molecular flexibility index (Phi) is 6.43. The van der Waals surface area contributed by atoms with Crippen LogP contribution >= 0.6 is 11.8 Å². The van der Waals surface area contributed by atoms with Gasteiger partial charge in [0, 0.05) is 0 Å². The third-order valence-electron chi connectivity index (χ3n) is 0.231. The number of hydrogen-bond donors (Lipinski definition) is 0. The molecule has 0 rings (SSSR count). The van der Waals surface area contributed by atoms with Crippen molar-refractivity contribution in [2.24, 2.45) is 0 Å². The predicted octanol–water partition coefficient (Wildman–Crippen LogP) is 2.11. The normalized spacial score (nSPS) is 12.6. The van der Waals surface area contributed by atoms with Gasteiger partial charge in [-0.25, -0.2) is 0 Å². The van der Waals surface area contributed by atoms with E-state index in [1.54, 1.807) is 0 Å². The van der Waals surface area contributed by atoms with Crippen LogP contribution in [0, 0.1) is 0 Å². The number of thioether (sulfide) groups is 1. The van der Waals surface area contributed by atoms with Crippen molar-refractivity contribution in [3.63, 3.8) is 0 Å². The van der Waals surface area contributed by atoms with Gasteiger partial charge in [0.2, 0.25) is 0 Å². The monoisotopic (exact) mass is 210 g/mol. The summed E-state index contributed by atoms with van der Waals surface area (Å²) in [5.41, 5.74) is -10.4. The molecule has 0 bridgehead atoms. The van der Waals surface area contributed by atoms with Crippen LogP contribution in [-0.2, 0) is 0 Å². The topological polar surface area (TPSA) is 0 Å². The van der Waals surface area contributed by atoms with Crippen LogP contribution in [0.2, 0.25) is 0 Å². The summed E-state index contributed by atoms with van der Waals surface area (Å²) < 4.78 is 64.8. The Hall–Kier alpha value is 1.57. The first-order valence-electron chi connectivity index (χ1n) is 1.54. The van der Waals surface area contributed by atoms with Crippen molar-refractivity contribution in [3.8, 4) is 0 Å². The Labute approximate surface area is 99.1 Å². The predicted molar refractivity (Wildman–Crippen MR) is 26.9 cm³/mol. The van der Waals surface area contributed by atoms with Crippen LogP contribution in [0.25, 0.3) is 0 Å². The van der Waals surface area contributed by atoms with Gasteiger partial charge in [0.1, 0.15) is 0 Å². The summed E-state index contributed by atoms with van der Waals surface area (Å²) in [7, 11) is 0. The van der Waals surface area contributed by atoms with E-state index in [9.17, 15) is 26.3 Å². The summed E-state index contributed by atoms with van der Waals surface area (Å²) in [6.07, 6.45) is 0. The summed E-state index contributed by atoms with van der Waals surface area (Å²) in [4.78, 5) is 0. The van der Waals surface area contributed by atoms with Gasteiger partial charge >= 0.3 is 62.4 Å². The summed E-state index contributed by atoms with van der Waals surface area (Å²) in [6.45, 7) is 0. The minimum atomic E-state index is -5.22. The molecule has 0 aliphatic carbocycles. The molecule has 58 valence electrons. The number of rotatable bonds is 0. The van der Waals surface area contributed by atoms with Crippen molar-refractivity contribution >= 4 is 63.1 Å². The molecule has 0 aromatic carbocycles. The van der Waals surface area contributed by atoms with Crippen LogP contribution < -0.4 is 0 Å². The average Bonchev–Trinajstić information content (AvgIpc) is 1.14. The molecule has 0 amide bonds. The molecule has 10 heavy (non-hydrogen) atoms. The fourth-order valence-electron chi connectivity index (χ4n) is 0.131. The maximum atomic E-state index is 10.8. The second-order valence-corrected chi connectivity index (χ2v) is 2.12. The van der Waals surface area contributed by atoms with E-state index in [4.69, 9.17) is 0 Å². The van der Waals surface area contributed by atoms with Crippen LogP contribution in [0.1, 0.15) is 0 Å². The Morgan fingerprint density at radius 2 is 0.900 bits per heavy atom. The average molecular weight is 210 g/mol. The number of hydrogen-bond acceptors (Lipinski definition) is 1. The molecule has 0 fully saturated rings. The molecule has 0 saturated carbocycles. The standard InChI is InChI=1S/C2F6S.K.H/c3-1(4,5)9-2(6,7)8;;. The van der Waals surface area contributed by atoms with Crippen molar-refractivity contribution in [1.82, 2.24) is 0 Å². The summed E-state index contributed by atoms with van der Waals surface area (Å²) in [5, 5.41) is 0. The van der Waals surface area contributed by atoms with Crippen LogP contribution in [0.15, 0.2) is 0 Å². The molecule has 0 aliphatic heterocycles. The van der Waals surface area contributed by atoms with Crippen LogP contribution in [0.4, 0.5) is 26.3 Å². The summed E-state index contributed by atoms with van der Waals surface area (Å²) in [5.74, 6) is 0. The van der Waals surface area contributed by atoms with Crippen molar-refractivity contribution in [2.45, 2.75) is 11.0 Å². The molecule has 0 spiro atoms. The second-order valence-electron chi connectivity index (χ2n) is 0.994. The van der Waals surface area contributed by atoms with E-state index in [2.05, 4.69) is 0 Å². The zero-order valence-corrected chi connectivity index (χ0v) is 4.49. The summed E-state index contributed by atoms with van der Waals surface area (Å²) >= 11 is -1.99. The van der Waals surface area contributed by atoms with E-state index in [-0.39, 0.29) is 51.4 Å². The SMILES string of the molecule is FC(F)(F)SC(F)(F)F.[KH]. The van der Waals surface area contributed by atoms with E-state index < -0.39 is 22.8 Å². The van der Waals surface area contributed by atoms with Gasteiger partial charge in [0.25, 0.3) is 0 Å². The molecule has 0 saturated heterocycles. The summed E-state index contributed by atoms with van der Waals surface area (Å²) in [6, 6.07) is 0. The van der Waals surface area contributed by atoms with E-state index in [1.165, 1.54) is 0 Å². The van der Waals surface area contributed by atoms with Gasteiger partial charge < -0.3 is 0 Å². The number of alkyl halides is 6. The zero-order valence-electron chi connectivity index (χ0n) is 3.68. The molecule has 0 N–H and O–H groups in total. The molecule has 0 unspecified atom stereocenters. The molecule has 0 nitrogen and oxygen atoms in total. The molecule has 0 aromatic rings. The minimum absolute atomic E-state index is 0. The van der Waals surface area contributed by atoms with Gasteiger partial charge in [-0.1, -0.05) is 0 Å². The van der Waals surface area contributed by atoms with Crippen LogP contribution in [0.5, 0.6) is 0 Å². The molecule has 0 aliphatic rings. The zero-order chi connectivity index (χ0) is 7.71. The second kappa shape index (κ2) is 4.56. The molecular weight excluding hydrogens is 209 g/mol. The van der Waals surface area contributed by atoms with Crippen molar-refractivity contribution in [3.05, 3.63) is 0 Å². The maximum absolute atomic E-state index is 10.8. The Morgan fingerprint density at radius 3 is 0.900 bits per heavy atom. The molecule has 0 heterocycles. The van der Waals surface area contributed by atoms with Crippen molar-refractivity contribution in [2.75, 3.05) is 0 Å². The van der Waals surface area contributed by atoms with Gasteiger partial charge in [0.05, 0.1) is 11.8 Å². The van der Waals surface area contributed by atoms with Gasteiger partial charge in [0.15, 0.2) is 0 Å². The molecule has 0 radical (unpaired) electrons. The fourth-order valence-corrected chi connectivity index (χ4v) is 0.394. The molecule has 0 aromatic heterocycles. The fraction of sp³-hybridized carbons (Fsp3) is 1.00. The van der Waals surface area contributed by atoms with Crippen molar-refractivity contribution < 1.29 is 26.3 Å². The molecular formula is C2HF6KS. The molecule has 8 heteroatoms. The Balaban J connectivity index is 0. The Bertz CT molecular complexity index is 80.9.